The molecule has 0 aromatic heterocycles. The first-order valence-corrected chi connectivity index (χ1v) is 10.2. The maximum absolute atomic E-state index is 12.5. The fraction of sp³-hybridized carbons (Fsp3) is 0.333. The second-order valence-electron chi connectivity index (χ2n) is 7.79. The molecule has 0 saturated carbocycles. The number of anilines is 1. The first kappa shape index (κ1) is 20.5. The zero-order chi connectivity index (χ0) is 21.1. The average Bonchev–Trinajstić information content (AvgIpc) is 2.72. The molecule has 1 fully saturated rings. The Labute approximate surface area is 174 Å². The summed E-state index contributed by atoms with van der Waals surface area (Å²) in [5, 5.41) is 6.19. The van der Waals surface area contributed by atoms with Gasteiger partial charge < -0.3 is 15.0 Å². The number of alkyl halides is 3. The molecule has 3 nitrogen and oxygen atoms in total. The van der Waals surface area contributed by atoms with E-state index in [1.165, 1.54) is 28.5 Å². The van der Waals surface area contributed by atoms with Crippen LogP contribution >= 0.6 is 0 Å². The minimum atomic E-state index is -4.68. The van der Waals surface area contributed by atoms with Crippen LogP contribution in [0.3, 0.4) is 0 Å². The Kier molecular flexibility index (Phi) is 5.86. The number of nitrogens with zero attached hydrogens (tertiary/aromatic N) is 1. The van der Waals surface area contributed by atoms with Gasteiger partial charge in [-0.15, -0.1) is 13.2 Å². The van der Waals surface area contributed by atoms with Gasteiger partial charge in [0.15, 0.2) is 0 Å². The van der Waals surface area contributed by atoms with Gasteiger partial charge in [0, 0.05) is 36.9 Å². The number of hydrogen-bond donors (Lipinski definition) is 1. The molecular formula is C24H25F3N2O. The summed E-state index contributed by atoms with van der Waals surface area (Å²) >= 11 is 0. The van der Waals surface area contributed by atoms with Gasteiger partial charge in [-0.3, -0.25) is 0 Å². The molecule has 158 valence electrons. The zero-order valence-electron chi connectivity index (χ0n) is 16.8. The predicted molar refractivity (Wildman–Crippen MR) is 114 cm³/mol. The third-order valence-corrected chi connectivity index (χ3v) is 5.61. The van der Waals surface area contributed by atoms with Gasteiger partial charge in [-0.05, 0) is 48.2 Å². The van der Waals surface area contributed by atoms with Gasteiger partial charge in [-0.1, -0.05) is 48.5 Å². The highest BCUT2D eigenvalue weighted by molar-refractivity contribution is 5.86. The van der Waals surface area contributed by atoms with Gasteiger partial charge in [0.25, 0.3) is 0 Å². The molecule has 1 N–H and O–H groups in total. The molecule has 0 unspecified atom stereocenters. The first-order valence-electron chi connectivity index (χ1n) is 10.2. The zero-order valence-corrected chi connectivity index (χ0v) is 16.8. The van der Waals surface area contributed by atoms with Crippen LogP contribution in [0.1, 0.15) is 31.4 Å². The van der Waals surface area contributed by atoms with Gasteiger partial charge in [0.2, 0.25) is 0 Å². The molecule has 1 aliphatic rings. The quantitative estimate of drug-likeness (QED) is 0.549. The maximum atomic E-state index is 12.5. The summed E-state index contributed by atoms with van der Waals surface area (Å²) in [5.41, 5.74) is 2.01. The summed E-state index contributed by atoms with van der Waals surface area (Å²) in [6.45, 7) is 3.72. The van der Waals surface area contributed by atoms with E-state index in [0.29, 0.717) is 0 Å². The van der Waals surface area contributed by atoms with E-state index in [0.717, 1.165) is 31.6 Å². The second kappa shape index (κ2) is 8.56. The first-order chi connectivity index (χ1) is 14.4. The van der Waals surface area contributed by atoms with Crippen LogP contribution in [-0.4, -0.2) is 25.5 Å². The van der Waals surface area contributed by atoms with Crippen molar-refractivity contribution in [2.75, 3.05) is 18.0 Å². The Hall–Kier alpha value is -2.73. The smallest absolute Gasteiger partial charge is 0.406 e. The molecule has 3 aromatic rings. The third kappa shape index (κ3) is 4.87. The largest absolute Gasteiger partial charge is 0.573 e. The van der Waals surface area contributed by atoms with E-state index in [1.54, 1.807) is 6.07 Å². The lowest BCUT2D eigenvalue weighted by molar-refractivity contribution is -0.274. The van der Waals surface area contributed by atoms with Crippen molar-refractivity contribution >= 4 is 16.5 Å². The van der Waals surface area contributed by atoms with Gasteiger partial charge in [-0.25, -0.2) is 0 Å². The lowest BCUT2D eigenvalue weighted by Gasteiger charge is -2.36. The molecule has 0 radical (unpaired) electrons. The monoisotopic (exact) mass is 414 g/mol. The second-order valence-corrected chi connectivity index (χ2v) is 7.79. The van der Waals surface area contributed by atoms with Crippen LogP contribution in [0.5, 0.6) is 5.75 Å². The summed E-state index contributed by atoms with van der Waals surface area (Å²) < 4.78 is 41.7. The summed E-state index contributed by atoms with van der Waals surface area (Å²) in [7, 11) is 0. The summed E-state index contributed by atoms with van der Waals surface area (Å²) in [5.74, 6) is -0.181. The summed E-state index contributed by atoms with van der Waals surface area (Å²) in [6, 6.07) is 21.3. The van der Waals surface area contributed by atoms with Crippen molar-refractivity contribution in [2.24, 2.45) is 0 Å². The van der Waals surface area contributed by atoms with Crippen LogP contribution in [0.15, 0.2) is 66.7 Å². The number of rotatable bonds is 5. The van der Waals surface area contributed by atoms with Crippen LogP contribution < -0.4 is 15.0 Å². The molecule has 1 saturated heterocycles. The highest BCUT2D eigenvalue weighted by Crippen LogP contribution is 2.29. The molecule has 2 atom stereocenters. The number of benzene rings is 3. The van der Waals surface area contributed by atoms with E-state index in [1.807, 2.05) is 12.1 Å². The summed E-state index contributed by atoms with van der Waals surface area (Å²) in [6.07, 6.45) is -2.67. The van der Waals surface area contributed by atoms with Crippen LogP contribution in [-0.2, 0) is 0 Å². The number of ether oxygens (including phenoxy) is 1. The van der Waals surface area contributed by atoms with E-state index in [2.05, 4.69) is 58.3 Å². The van der Waals surface area contributed by atoms with Gasteiger partial charge in [0.05, 0.1) is 0 Å². The van der Waals surface area contributed by atoms with Crippen LogP contribution in [0, 0.1) is 0 Å². The Morgan fingerprint density at radius 2 is 1.80 bits per heavy atom. The fourth-order valence-corrected chi connectivity index (χ4v) is 4.30. The predicted octanol–water partition coefficient (Wildman–Crippen LogP) is 6.06. The Bertz CT molecular complexity index is 1000. The van der Waals surface area contributed by atoms with E-state index in [9.17, 15) is 13.2 Å². The van der Waals surface area contributed by atoms with Crippen molar-refractivity contribution in [3.8, 4) is 5.75 Å². The fourth-order valence-electron chi connectivity index (χ4n) is 4.30. The SMILES string of the molecule is C[C@@H](N[C@@H]1CCCN(c2cccc(OC(F)(F)F)c2)C1)c1cccc2ccccc12. The molecule has 30 heavy (non-hydrogen) atoms. The number of hydrogen-bond acceptors (Lipinski definition) is 3. The molecule has 3 aromatic carbocycles. The molecule has 6 heteroatoms. The van der Waals surface area contributed by atoms with Gasteiger partial charge in [0.1, 0.15) is 5.75 Å². The summed E-state index contributed by atoms with van der Waals surface area (Å²) in [4.78, 5) is 2.13. The van der Waals surface area contributed by atoms with E-state index >= 15 is 0 Å². The van der Waals surface area contributed by atoms with Crippen molar-refractivity contribution in [1.29, 1.82) is 0 Å². The van der Waals surface area contributed by atoms with Crippen molar-refractivity contribution in [2.45, 2.75) is 38.2 Å². The van der Waals surface area contributed by atoms with Gasteiger partial charge in [-0.2, -0.15) is 0 Å². The Morgan fingerprint density at radius 3 is 2.63 bits per heavy atom. The minimum absolute atomic E-state index is 0.168. The lowest BCUT2D eigenvalue weighted by atomic mass is 9.97. The molecule has 0 amide bonds. The van der Waals surface area contributed by atoms with Crippen LogP contribution in [0.25, 0.3) is 10.8 Å². The number of fused-ring (bicyclic) bond motifs is 1. The molecule has 1 heterocycles. The van der Waals surface area contributed by atoms with Crippen molar-refractivity contribution < 1.29 is 17.9 Å². The standard InChI is InChI=1S/C24H25F3N2O/c1-17(22-13-4-8-18-7-2-3-12-23(18)22)28-19-9-6-14-29(16-19)20-10-5-11-21(15-20)30-24(25,26)27/h2-5,7-8,10-13,15,17,19,28H,6,9,14,16H2,1H3/t17-,19-/m1/s1. The van der Waals surface area contributed by atoms with Crippen molar-refractivity contribution in [1.82, 2.24) is 5.32 Å². The van der Waals surface area contributed by atoms with Gasteiger partial charge >= 0.3 is 6.36 Å². The Morgan fingerprint density at radius 1 is 1.03 bits per heavy atom. The van der Waals surface area contributed by atoms with E-state index in [-0.39, 0.29) is 17.8 Å². The molecule has 0 spiro atoms. The maximum Gasteiger partial charge on any atom is 0.573 e. The Balaban J connectivity index is 1.46. The topological polar surface area (TPSA) is 24.5 Å². The highest BCUT2D eigenvalue weighted by atomic mass is 19.4. The van der Waals surface area contributed by atoms with E-state index in [4.69, 9.17) is 0 Å². The van der Waals surface area contributed by atoms with Crippen LogP contribution in [0.4, 0.5) is 18.9 Å². The lowest BCUT2D eigenvalue weighted by Crippen LogP contribution is -2.46. The molecule has 0 bridgehead atoms. The number of halogens is 3. The normalized spacial score (nSPS) is 18.4. The van der Waals surface area contributed by atoms with E-state index < -0.39 is 6.36 Å². The average molecular weight is 414 g/mol. The van der Waals surface area contributed by atoms with Crippen LogP contribution in [0.2, 0.25) is 0 Å². The number of nitrogens with one attached hydrogen (secondary N) is 1. The van der Waals surface area contributed by atoms with Crippen molar-refractivity contribution in [3.05, 3.63) is 72.3 Å². The molecule has 4 rings (SSSR count). The minimum Gasteiger partial charge on any atom is -0.406 e. The molecule has 0 aliphatic carbocycles. The molecule has 1 aliphatic heterocycles. The number of piperidine rings is 1. The third-order valence-electron chi connectivity index (χ3n) is 5.61. The highest BCUT2D eigenvalue weighted by Gasteiger charge is 2.31. The molecular weight excluding hydrogens is 389 g/mol. The van der Waals surface area contributed by atoms with Crippen molar-refractivity contribution in [3.63, 3.8) is 0 Å².